The van der Waals surface area contributed by atoms with E-state index in [1.54, 1.807) is 12.1 Å². The number of carbonyl (C=O) groups is 1. The van der Waals surface area contributed by atoms with Crippen LogP contribution in [-0.2, 0) is 0 Å². The highest BCUT2D eigenvalue weighted by atomic mass is 79.9. The third-order valence-corrected chi connectivity index (χ3v) is 3.60. The van der Waals surface area contributed by atoms with Crippen molar-refractivity contribution in [2.45, 2.75) is 12.3 Å². The van der Waals surface area contributed by atoms with Gasteiger partial charge in [-0.25, -0.2) is 8.78 Å². The molecule has 1 saturated heterocycles. The van der Waals surface area contributed by atoms with Gasteiger partial charge in [-0.05, 0) is 12.1 Å². The van der Waals surface area contributed by atoms with Gasteiger partial charge in [-0.15, -0.1) is 0 Å². The number of hydrogen-bond acceptors (Lipinski definition) is 3. The molecule has 1 aromatic rings. The van der Waals surface area contributed by atoms with Crippen LogP contribution in [0.4, 0.5) is 8.78 Å². The summed E-state index contributed by atoms with van der Waals surface area (Å²) >= 11 is 3.27. The lowest BCUT2D eigenvalue weighted by Gasteiger charge is -2.20. The smallest absolute Gasteiger partial charge is 0.267 e. The molecular formula is C13H14BrF2NO3. The molecule has 110 valence electrons. The van der Waals surface area contributed by atoms with E-state index in [0.29, 0.717) is 4.47 Å². The Morgan fingerprint density at radius 1 is 1.30 bits per heavy atom. The molecule has 1 aliphatic rings. The number of halogens is 3. The molecule has 0 atom stereocenters. The SMILES string of the molecule is COc1cc(Br)cc(OC)c1C(=O)N1CCC(F)(F)C1. The van der Waals surface area contributed by atoms with Gasteiger partial charge in [0.25, 0.3) is 11.8 Å². The average molecular weight is 350 g/mol. The average Bonchev–Trinajstić information content (AvgIpc) is 2.77. The Bertz CT molecular complexity index is 511. The second-order valence-electron chi connectivity index (χ2n) is 4.52. The summed E-state index contributed by atoms with van der Waals surface area (Å²) in [6, 6.07) is 3.20. The second kappa shape index (κ2) is 5.55. The lowest BCUT2D eigenvalue weighted by atomic mass is 10.1. The third-order valence-electron chi connectivity index (χ3n) is 3.14. The van der Waals surface area contributed by atoms with E-state index in [1.165, 1.54) is 14.2 Å². The van der Waals surface area contributed by atoms with Crippen molar-refractivity contribution in [1.29, 1.82) is 0 Å². The zero-order valence-electron chi connectivity index (χ0n) is 11.1. The Hall–Kier alpha value is -1.37. The highest BCUT2D eigenvalue weighted by Crippen LogP contribution is 2.36. The number of carbonyl (C=O) groups excluding carboxylic acids is 1. The maximum Gasteiger partial charge on any atom is 0.267 e. The fourth-order valence-corrected chi connectivity index (χ4v) is 2.57. The van der Waals surface area contributed by atoms with Gasteiger partial charge in [0.1, 0.15) is 17.1 Å². The molecular weight excluding hydrogens is 336 g/mol. The Morgan fingerprint density at radius 2 is 1.85 bits per heavy atom. The van der Waals surface area contributed by atoms with Crippen LogP contribution in [0.1, 0.15) is 16.8 Å². The summed E-state index contributed by atoms with van der Waals surface area (Å²) < 4.78 is 37.5. The van der Waals surface area contributed by atoms with Crippen molar-refractivity contribution in [1.82, 2.24) is 4.90 Å². The summed E-state index contributed by atoms with van der Waals surface area (Å²) in [5.74, 6) is -2.76. The van der Waals surface area contributed by atoms with Crippen LogP contribution in [0, 0.1) is 0 Å². The molecule has 2 rings (SSSR count). The van der Waals surface area contributed by atoms with E-state index in [1.807, 2.05) is 0 Å². The van der Waals surface area contributed by atoms with Crippen LogP contribution in [0.3, 0.4) is 0 Å². The van der Waals surface area contributed by atoms with Crippen molar-refractivity contribution in [3.8, 4) is 11.5 Å². The Balaban J connectivity index is 2.39. The minimum absolute atomic E-state index is 0.0220. The summed E-state index contributed by atoms with van der Waals surface area (Å²) in [7, 11) is 2.83. The zero-order chi connectivity index (χ0) is 14.9. The molecule has 1 amide bonds. The summed E-state index contributed by atoms with van der Waals surface area (Å²) in [4.78, 5) is 13.5. The first-order valence-electron chi connectivity index (χ1n) is 5.96. The minimum Gasteiger partial charge on any atom is -0.496 e. The molecule has 1 fully saturated rings. The molecule has 0 radical (unpaired) electrons. The van der Waals surface area contributed by atoms with Gasteiger partial charge in [0.15, 0.2) is 0 Å². The van der Waals surface area contributed by atoms with Crippen molar-refractivity contribution in [2.24, 2.45) is 0 Å². The van der Waals surface area contributed by atoms with E-state index in [0.717, 1.165) is 4.90 Å². The summed E-state index contributed by atoms with van der Waals surface area (Å²) in [6.45, 7) is -0.553. The van der Waals surface area contributed by atoms with Gasteiger partial charge in [-0.1, -0.05) is 15.9 Å². The van der Waals surface area contributed by atoms with Crippen LogP contribution in [0.5, 0.6) is 11.5 Å². The van der Waals surface area contributed by atoms with E-state index in [2.05, 4.69) is 15.9 Å². The molecule has 0 saturated carbocycles. The van der Waals surface area contributed by atoms with Crippen molar-refractivity contribution < 1.29 is 23.0 Å². The predicted molar refractivity (Wildman–Crippen MR) is 72.7 cm³/mol. The number of amides is 1. The summed E-state index contributed by atoms with van der Waals surface area (Å²) in [6.07, 6.45) is -0.320. The quantitative estimate of drug-likeness (QED) is 0.842. The molecule has 1 heterocycles. The number of nitrogens with zero attached hydrogens (tertiary/aromatic N) is 1. The number of likely N-dealkylation sites (tertiary alicyclic amines) is 1. The molecule has 0 unspecified atom stereocenters. The highest BCUT2D eigenvalue weighted by Gasteiger charge is 2.41. The second-order valence-corrected chi connectivity index (χ2v) is 5.43. The van der Waals surface area contributed by atoms with Gasteiger partial charge in [0.05, 0.1) is 20.8 Å². The fraction of sp³-hybridized carbons (Fsp3) is 0.462. The lowest BCUT2D eigenvalue weighted by Crippen LogP contribution is -2.32. The van der Waals surface area contributed by atoms with Crippen LogP contribution in [-0.4, -0.2) is 44.0 Å². The van der Waals surface area contributed by atoms with E-state index in [-0.39, 0.29) is 30.0 Å². The van der Waals surface area contributed by atoms with Crippen LogP contribution >= 0.6 is 15.9 Å². The first-order valence-corrected chi connectivity index (χ1v) is 6.76. The molecule has 0 aromatic heterocycles. The molecule has 0 N–H and O–H groups in total. The van der Waals surface area contributed by atoms with Gasteiger partial charge in [0.2, 0.25) is 0 Å². The van der Waals surface area contributed by atoms with Gasteiger partial charge >= 0.3 is 0 Å². The van der Waals surface area contributed by atoms with E-state index in [9.17, 15) is 13.6 Å². The largest absolute Gasteiger partial charge is 0.496 e. The molecule has 7 heteroatoms. The molecule has 0 spiro atoms. The molecule has 0 bridgehead atoms. The molecule has 1 aromatic carbocycles. The van der Waals surface area contributed by atoms with Crippen LogP contribution < -0.4 is 9.47 Å². The molecule has 0 aliphatic carbocycles. The Morgan fingerprint density at radius 3 is 2.25 bits per heavy atom. The molecule has 20 heavy (non-hydrogen) atoms. The van der Waals surface area contributed by atoms with Crippen molar-refractivity contribution >= 4 is 21.8 Å². The summed E-state index contributed by atoms with van der Waals surface area (Å²) in [5, 5.41) is 0. The molecule has 1 aliphatic heterocycles. The molecule has 4 nitrogen and oxygen atoms in total. The van der Waals surface area contributed by atoms with Gasteiger partial charge in [-0.2, -0.15) is 0 Å². The Labute approximate surface area is 123 Å². The van der Waals surface area contributed by atoms with Crippen LogP contribution in [0.25, 0.3) is 0 Å². The highest BCUT2D eigenvalue weighted by molar-refractivity contribution is 9.10. The number of rotatable bonds is 3. The summed E-state index contributed by atoms with van der Waals surface area (Å²) in [5.41, 5.74) is 0.163. The van der Waals surface area contributed by atoms with Crippen LogP contribution in [0.15, 0.2) is 16.6 Å². The Kier molecular flexibility index (Phi) is 4.17. The normalized spacial score (nSPS) is 17.1. The van der Waals surface area contributed by atoms with Crippen molar-refractivity contribution in [3.63, 3.8) is 0 Å². The predicted octanol–water partition coefficient (Wildman–Crippen LogP) is 2.95. The van der Waals surface area contributed by atoms with Crippen molar-refractivity contribution in [2.75, 3.05) is 27.3 Å². The van der Waals surface area contributed by atoms with Gasteiger partial charge < -0.3 is 14.4 Å². The van der Waals surface area contributed by atoms with E-state index < -0.39 is 18.4 Å². The maximum atomic E-state index is 13.2. The monoisotopic (exact) mass is 349 g/mol. The lowest BCUT2D eigenvalue weighted by molar-refractivity contribution is 0.0119. The van der Waals surface area contributed by atoms with E-state index in [4.69, 9.17) is 9.47 Å². The standard InChI is InChI=1S/C13H14BrF2NO3/c1-19-9-5-8(14)6-10(20-2)11(9)12(18)17-4-3-13(15,16)7-17/h5-6H,3-4,7H2,1-2H3. The number of benzene rings is 1. The van der Waals surface area contributed by atoms with Crippen molar-refractivity contribution in [3.05, 3.63) is 22.2 Å². The topological polar surface area (TPSA) is 38.8 Å². The fourth-order valence-electron chi connectivity index (χ4n) is 2.16. The minimum atomic E-state index is -2.83. The van der Waals surface area contributed by atoms with E-state index >= 15 is 0 Å². The number of alkyl halides is 2. The van der Waals surface area contributed by atoms with Gasteiger partial charge in [-0.3, -0.25) is 4.79 Å². The number of hydrogen-bond donors (Lipinski definition) is 0. The maximum absolute atomic E-state index is 13.2. The zero-order valence-corrected chi connectivity index (χ0v) is 12.7. The third kappa shape index (κ3) is 2.87. The number of ether oxygens (including phenoxy) is 2. The first-order chi connectivity index (χ1) is 9.38. The first kappa shape index (κ1) is 15.0. The van der Waals surface area contributed by atoms with Crippen LogP contribution in [0.2, 0.25) is 0 Å². The number of methoxy groups -OCH3 is 2. The van der Waals surface area contributed by atoms with Gasteiger partial charge in [0, 0.05) is 17.4 Å².